The van der Waals surface area contributed by atoms with E-state index in [1.54, 1.807) is 5.57 Å². The Kier molecular flexibility index (Phi) is 8.64. The lowest BCUT2D eigenvalue weighted by Crippen LogP contribution is -2.16. The Balaban J connectivity index is 1.87. The molecule has 0 aliphatic heterocycles. The fraction of sp³-hybridized carbons (Fsp3) is 0.708. The molecule has 2 aliphatic carbocycles. The van der Waals surface area contributed by atoms with Gasteiger partial charge in [-0.1, -0.05) is 37.6 Å². The maximum Gasteiger partial charge on any atom is 0.305 e. The second-order valence-corrected chi connectivity index (χ2v) is 8.44. The summed E-state index contributed by atoms with van der Waals surface area (Å²) in [6.07, 6.45) is 13.0. The quantitative estimate of drug-likeness (QED) is 0.285. The highest BCUT2D eigenvalue weighted by Crippen LogP contribution is 2.53. The number of carbonyl (C=O) groups excluding carboxylic acids is 1. The fourth-order valence-electron chi connectivity index (χ4n) is 4.78. The summed E-state index contributed by atoms with van der Waals surface area (Å²) < 4.78 is 4.70. The molecule has 1 N–H and O–H groups in total. The Labute approximate surface area is 165 Å². The molecule has 0 amide bonds. The van der Waals surface area contributed by atoms with Crippen molar-refractivity contribution >= 4 is 5.97 Å². The van der Waals surface area contributed by atoms with E-state index in [2.05, 4.69) is 37.8 Å². The summed E-state index contributed by atoms with van der Waals surface area (Å²) in [4.78, 5) is 11.2. The van der Waals surface area contributed by atoms with Crippen LogP contribution in [-0.2, 0) is 9.53 Å². The Morgan fingerprint density at radius 1 is 1.41 bits per heavy atom. The number of allylic oxidation sites excluding steroid dienone is 3. The van der Waals surface area contributed by atoms with E-state index in [1.165, 1.54) is 26.4 Å². The molecule has 0 aromatic rings. The first-order valence-electron chi connectivity index (χ1n) is 10.5. The number of hydrogen-bond donors (Lipinski definition) is 1. The van der Waals surface area contributed by atoms with Crippen molar-refractivity contribution in [2.75, 3.05) is 7.11 Å². The normalized spacial score (nSPS) is 30.8. The first-order chi connectivity index (χ1) is 13.0. The van der Waals surface area contributed by atoms with E-state index in [4.69, 9.17) is 4.74 Å². The van der Waals surface area contributed by atoms with Gasteiger partial charge in [0.05, 0.1) is 13.2 Å². The van der Waals surface area contributed by atoms with Gasteiger partial charge in [-0.05, 0) is 68.6 Å². The molecule has 3 heteroatoms. The maximum atomic E-state index is 11.2. The lowest BCUT2D eigenvalue weighted by atomic mass is 9.86. The molecule has 3 nitrogen and oxygen atoms in total. The van der Waals surface area contributed by atoms with E-state index in [0.717, 1.165) is 25.2 Å². The number of esters is 1. The van der Waals surface area contributed by atoms with Crippen LogP contribution in [0.1, 0.15) is 65.7 Å². The van der Waals surface area contributed by atoms with E-state index in [0.29, 0.717) is 24.2 Å². The number of ether oxygens (including phenoxy) is 1. The van der Waals surface area contributed by atoms with Gasteiger partial charge >= 0.3 is 5.97 Å². The molecule has 0 bridgehead atoms. The van der Waals surface area contributed by atoms with E-state index < -0.39 is 6.10 Å². The molecule has 2 aliphatic rings. The minimum atomic E-state index is -0.410. The average molecular weight is 373 g/mol. The Bertz CT molecular complexity index is 607. The van der Waals surface area contributed by atoms with Crippen molar-refractivity contribution in [1.82, 2.24) is 0 Å². The first kappa shape index (κ1) is 21.8. The first-order valence-corrected chi connectivity index (χ1v) is 10.5. The van der Waals surface area contributed by atoms with Crippen molar-refractivity contribution in [2.24, 2.45) is 29.6 Å². The summed E-state index contributed by atoms with van der Waals surface area (Å²) in [6, 6.07) is 0. The molecule has 150 valence electrons. The van der Waals surface area contributed by atoms with Gasteiger partial charge in [0, 0.05) is 12.8 Å². The molecule has 0 spiro atoms. The van der Waals surface area contributed by atoms with Crippen LogP contribution in [-0.4, -0.2) is 24.3 Å². The summed E-state index contributed by atoms with van der Waals surface area (Å²) in [7, 11) is 1.45. The number of carbonyl (C=O) groups is 1. The van der Waals surface area contributed by atoms with Gasteiger partial charge in [0.2, 0.25) is 0 Å². The van der Waals surface area contributed by atoms with Crippen molar-refractivity contribution in [3.05, 3.63) is 23.8 Å². The zero-order valence-corrected chi connectivity index (χ0v) is 17.4. The van der Waals surface area contributed by atoms with Crippen molar-refractivity contribution in [3.8, 4) is 11.8 Å². The smallest absolute Gasteiger partial charge is 0.305 e. The van der Waals surface area contributed by atoms with Gasteiger partial charge in [0.25, 0.3) is 0 Å². The third-order valence-corrected chi connectivity index (χ3v) is 6.41. The van der Waals surface area contributed by atoms with E-state index in [9.17, 15) is 9.90 Å². The SMILES string of the molecule is CC#CCC(C)[C@H](O)/C=C/[C@H]1[C@H](C)CC2C/C(=C\CCCC(=O)OC)C[C@@H]21. The Hall–Kier alpha value is -1.53. The van der Waals surface area contributed by atoms with Crippen molar-refractivity contribution in [2.45, 2.75) is 71.8 Å². The molecule has 2 fully saturated rings. The molecule has 0 radical (unpaired) electrons. The van der Waals surface area contributed by atoms with Gasteiger partial charge in [-0.2, -0.15) is 0 Å². The zero-order chi connectivity index (χ0) is 19.8. The fourth-order valence-corrected chi connectivity index (χ4v) is 4.78. The second-order valence-electron chi connectivity index (χ2n) is 8.44. The lowest BCUT2D eigenvalue weighted by molar-refractivity contribution is -0.140. The van der Waals surface area contributed by atoms with Crippen LogP contribution in [0.4, 0.5) is 0 Å². The van der Waals surface area contributed by atoms with Gasteiger partial charge < -0.3 is 9.84 Å². The Morgan fingerprint density at radius 2 is 2.19 bits per heavy atom. The molecule has 27 heavy (non-hydrogen) atoms. The van der Waals surface area contributed by atoms with Gasteiger partial charge in [0.15, 0.2) is 0 Å². The third kappa shape index (κ3) is 6.25. The van der Waals surface area contributed by atoms with Gasteiger partial charge in [-0.3, -0.25) is 4.79 Å². The predicted molar refractivity (Wildman–Crippen MR) is 110 cm³/mol. The monoisotopic (exact) mass is 372 g/mol. The molecular formula is C24H36O3. The Morgan fingerprint density at radius 3 is 2.89 bits per heavy atom. The van der Waals surface area contributed by atoms with Crippen LogP contribution >= 0.6 is 0 Å². The summed E-state index contributed by atoms with van der Waals surface area (Å²) in [6.45, 7) is 6.26. The van der Waals surface area contributed by atoms with E-state index >= 15 is 0 Å². The summed E-state index contributed by atoms with van der Waals surface area (Å²) in [5, 5.41) is 10.4. The number of rotatable bonds is 8. The van der Waals surface area contributed by atoms with Crippen molar-refractivity contribution < 1.29 is 14.6 Å². The highest BCUT2D eigenvalue weighted by Gasteiger charge is 2.43. The highest BCUT2D eigenvalue weighted by molar-refractivity contribution is 5.69. The van der Waals surface area contributed by atoms with Crippen molar-refractivity contribution in [1.29, 1.82) is 0 Å². The van der Waals surface area contributed by atoms with Crippen LogP contribution in [0.25, 0.3) is 0 Å². The van der Waals surface area contributed by atoms with Crippen LogP contribution in [0.2, 0.25) is 0 Å². The van der Waals surface area contributed by atoms with E-state index in [1.807, 2.05) is 13.0 Å². The zero-order valence-electron chi connectivity index (χ0n) is 17.4. The lowest BCUT2D eigenvalue weighted by Gasteiger charge is -2.19. The maximum absolute atomic E-state index is 11.2. The molecule has 0 aromatic heterocycles. The van der Waals surface area contributed by atoms with Crippen LogP contribution in [0, 0.1) is 41.4 Å². The molecule has 0 saturated heterocycles. The molecule has 0 heterocycles. The molecular weight excluding hydrogens is 336 g/mol. The summed E-state index contributed by atoms with van der Waals surface area (Å²) >= 11 is 0. The largest absolute Gasteiger partial charge is 0.469 e. The van der Waals surface area contributed by atoms with E-state index in [-0.39, 0.29) is 11.9 Å². The minimum Gasteiger partial charge on any atom is -0.469 e. The standard InChI is InChI=1S/C24H36O3/c1-5-6-9-17(2)23(25)13-12-21-18(3)14-20-15-19(16-22(20)21)10-7-8-11-24(26)27-4/h10,12-13,17-18,20-23,25H,7-9,11,14-16H2,1-4H3/b13-12+,19-10+/t17?,18-,20?,21+,22+,23-/m1/s1. The molecule has 0 aromatic carbocycles. The molecule has 2 unspecified atom stereocenters. The van der Waals surface area contributed by atoms with Gasteiger partial charge in [0.1, 0.15) is 0 Å². The molecule has 2 saturated carbocycles. The average Bonchev–Trinajstić information content (AvgIpc) is 3.17. The van der Waals surface area contributed by atoms with Gasteiger partial charge in [-0.25, -0.2) is 0 Å². The van der Waals surface area contributed by atoms with Crippen LogP contribution < -0.4 is 0 Å². The second kappa shape index (κ2) is 10.7. The predicted octanol–water partition coefficient (Wildman–Crippen LogP) is 4.90. The van der Waals surface area contributed by atoms with Crippen LogP contribution in [0.3, 0.4) is 0 Å². The number of fused-ring (bicyclic) bond motifs is 1. The highest BCUT2D eigenvalue weighted by atomic mass is 16.5. The van der Waals surface area contributed by atoms with Crippen LogP contribution in [0.15, 0.2) is 23.8 Å². The van der Waals surface area contributed by atoms with Gasteiger partial charge in [-0.15, -0.1) is 11.8 Å². The third-order valence-electron chi connectivity index (χ3n) is 6.41. The number of aliphatic hydroxyl groups is 1. The topological polar surface area (TPSA) is 46.5 Å². The number of hydrogen-bond acceptors (Lipinski definition) is 3. The molecule has 6 atom stereocenters. The number of unbranched alkanes of at least 4 members (excludes halogenated alkanes) is 1. The summed E-state index contributed by atoms with van der Waals surface area (Å²) in [5.74, 6) is 8.77. The van der Waals surface area contributed by atoms with Crippen LogP contribution in [0.5, 0.6) is 0 Å². The summed E-state index contributed by atoms with van der Waals surface area (Å²) in [5.41, 5.74) is 1.56. The number of aliphatic hydroxyl groups excluding tert-OH is 1. The molecule has 2 rings (SSSR count). The number of methoxy groups -OCH3 is 1. The minimum absolute atomic E-state index is 0.117. The van der Waals surface area contributed by atoms with Crippen molar-refractivity contribution in [3.63, 3.8) is 0 Å².